The van der Waals surface area contributed by atoms with Crippen LogP contribution in [0.15, 0.2) is 24.3 Å². The minimum absolute atomic E-state index is 0.0656. The predicted molar refractivity (Wildman–Crippen MR) is 102 cm³/mol. The molecule has 1 aliphatic rings. The summed E-state index contributed by atoms with van der Waals surface area (Å²) < 4.78 is 25.3. The normalized spacial score (nSPS) is 16.5. The molecule has 1 aromatic heterocycles. The number of amides is 1. The van der Waals surface area contributed by atoms with Crippen LogP contribution in [0, 0.1) is 12.8 Å². The van der Waals surface area contributed by atoms with Crippen molar-refractivity contribution in [3.8, 4) is 10.6 Å². The summed E-state index contributed by atoms with van der Waals surface area (Å²) in [6.07, 6.45) is 1.08. The van der Waals surface area contributed by atoms with Crippen LogP contribution >= 0.6 is 11.3 Å². The lowest BCUT2D eigenvalue weighted by Gasteiger charge is -2.30. The Bertz CT molecular complexity index is 887. The van der Waals surface area contributed by atoms with Gasteiger partial charge in [0.25, 0.3) is 0 Å². The van der Waals surface area contributed by atoms with Crippen molar-refractivity contribution in [2.24, 2.45) is 5.92 Å². The molecule has 0 radical (unpaired) electrons. The Morgan fingerprint density at radius 3 is 2.65 bits per heavy atom. The molecule has 2 heterocycles. The van der Waals surface area contributed by atoms with E-state index < -0.39 is 10.0 Å². The third kappa shape index (κ3) is 4.28. The van der Waals surface area contributed by atoms with Crippen molar-refractivity contribution >= 4 is 33.0 Å². The molecule has 0 unspecified atom stereocenters. The second kappa shape index (κ2) is 7.81. The first-order valence-corrected chi connectivity index (χ1v) is 11.0. The van der Waals surface area contributed by atoms with Gasteiger partial charge in [0, 0.05) is 30.3 Å². The van der Waals surface area contributed by atoms with E-state index in [-0.39, 0.29) is 17.6 Å². The number of hydrogen-bond donors (Lipinski definition) is 1. The van der Waals surface area contributed by atoms with Gasteiger partial charge in [-0.1, -0.05) is 23.5 Å². The molecule has 0 aliphatic carbocycles. The lowest BCUT2D eigenvalue weighted by atomic mass is 9.97. The summed E-state index contributed by atoms with van der Waals surface area (Å²) in [5, 5.41) is 12.8. The molecule has 1 aromatic carbocycles. The number of nitrogens with one attached hydrogen (secondary N) is 1. The molecule has 0 atom stereocenters. The minimum Gasteiger partial charge on any atom is -0.326 e. The van der Waals surface area contributed by atoms with Gasteiger partial charge in [-0.2, -0.15) is 0 Å². The fourth-order valence-electron chi connectivity index (χ4n) is 2.97. The van der Waals surface area contributed by atoms with E-state index in [1.165, 1.54) is 15.6 Å². The first-order valence-electron chi connectivity index (χ1n) is 8.58. The van der Waals surface area contributed by atoms with E-state index in [1.807, 2.05) is 31.2 Å². The van der Waals surface area contributed by atoms with Crippen LogP contribution in [0.3, 0.4) is 0 Å². The standard InChI is InChI=1S/C17H22N4O3S2/c1-3-26(23,24)21-9-7-13(8-10-21)16(22)18-15-6-4-5-14(11-15)17-20-19-12(2)25-17/h4-6,11,13H,3,7-10H2,1-2H3,(H,18,22). The SMILES string of the molecule is CCS(=O)(=O)N1CCC(C(=O)Nc2cccc(-c3nnc(C)s3)c2)CC1. The summed E-state index contributed by atoms with van der Waals surface area (Å²) in [6, 6.07) is 7.53. The number of carbonyl (C=O) groups excluding carboxylic acids is 1. The van der Waals surface area contributed by atoms with E-state index >= 15 is 0 Å². The second-order valence-electron chi connectivity index (χ2n) is 6.27. The summed E-state index contributed by atoms with van der Waals surface area (Å²) in [6.45, 7) is 4.34. The van der Waals surface area contributed by atoms with Crippen molar-refractivity contribution in [1.29, 1.82) is 0 Å². The number of carbonyl (C=O) groups is 1. The number of benzene rings is 1. The van der Waals surface area contributed by atoms with Crippen molar-refractivity contribution < 1.29 is 13.2 Å². The highest BCUT2D eigenvalue weighted by molar-refractivity contribution is 7.89. The highest BCUT2D eigenvalue weighted by Gasteiger charge is 2.30. The number of aryl methyl sites for hydroxylation is 1. The van der Waals surface area contributed by atoms with Crippen LogP contribution in [0.25, 0.3) is 10.6 Å². The zero-order valence-electron chi connectivity index (χ0n) is 14.8. The largest absolute Gasteiger partial charge is 0.326 e. The average Bonchev–Trinajstić information content (AvgIpc) is 3.08. The summed E-state index contributed by atoms with van der Waals surface area (Å²) in [5.74, 6) is -0.142. The highest BCUT2D eigenvalue weighted by atomic mass is 32.2. The van der Waals surface area contributed by atoms with Crippen molar-refractivity contribution in [3.63, 3.8) is 0 Å². The Morgan fingerprint density at radius 2 is 2.04 bits per heavy atom. The Morgan fingerprint density at radius 1 is 1.31 bits per heavy atom. The Hall–Kier alpha value is -1.84. The number of piperidine rings is 1. The van der Waals surface area contributed by atoms with E-state index in [4.69, 9.17) is 0 Å². The van der Waals surface area contributed by atoms with Crippen molar-refractivity contribution in [3.05, 3.63) is 29.3 Å². The van der Waals surface area contributed by atoms with Crippen LogP contribution in [0.2, 0.25) is 0 Å². The first kappa shape index (κ1) is 18.9. The maximum Gasteiger partial charge on any atom is 0.227 e. The van der Waals surface area contributed by atoms with Crippen LogP contribution in [-0.4, -0.2) is 47.7 Å². The van der Waals surface area contributed by atoms with Crippen molar-refractivity contribution in [2.45, 2.75) is 26.7 Å². The molecule has 0 bridgehead atoms. The maximum atomic E-state index is 12.5. The number of hydrogen-bond acceptors (Lipinski definition) is 6. The molecule has 3 rings (SSSR count). The van der Waals surface area contributed by atoms with E-state index in [9.17, 15) is 13.2 Å². The Labute approximate surface area is 157 Å². The quantitative estimate of drug-likeness (QED) is 0.841. The van der Waals surface area contributed by atoms with Crippen LogP contribution < -0.4 is 5.32 Å². The molecule has 1 amide bonds. The zero-order chi connectivity index (χ0) is 18.7. The molecule has 2 aromatic rings. The number of sulfonamides is 1. The molecule has 1 aliphatic heterocycles. The highest BCUT2D eigenvalue weighted by Crippen LogP contribution is 2.26. The van der Waals surface area contributed by atoms with Gasteiger partial charge >= 0.3 is 0 Å². The van der Waals surface area contributed by atoms with Gasteiger partial charge in [0.05, 0.1) is 5.75 Å². The predicted octanol–water partition coefficient (Wildman–Crippen LogP) is 2.51. The molecule has 1 fully saturated rings. The molecule has 26 heavy (non-hydrogen) atoms. The number of aromatic nitrogens is 2. The number of anilines is 1. The molecule has 1 saturated heterocycles. The molecule has 7 nitrogen and oxygen atoms in total. The number of rotatable bonds is 5. The lowest BCUT2D eigenvalue weighted by Crippen LogP contribution is -2.42. The molecule has 1 N–H and O–H groups in total. The van der Waals surface area contributed by atoms with Gasteiger partial charge in [-0.05, 0) is 38.8 Å². The summed E-state index contributed by atoms with van der Waals surface area (Å²) in [4.78, 5) is 12.5. The van der Waals surface area contributed by atoms with Gasteiger partial charge in [-0.25, -0.2) is 12.7 Å². The van der Waals surface area contributed by atoms with Crippen LogP contribution in [-0.2, 0) is 14.8 Å². The zero-order valence-corrected chi connectivity index (χ0v) is 16.4. The molecule has 0 spiro atoms. The summed E-state index contributed by atoms with van der Waals surface area (Å²) in [7, 11) is -3.17. The average molecular weight is 395 g/mol. The van der Waals surface area contributed by atoms with Crippen LogP contribution in [0.1, 0.15) is 24.8 Å². The molecular weight excluding hydrogens is 372 g/mol. The third-order valence-electron chi connectivity index (χ3n) is 4.49. The van der Waals surface area contributed by atoms with E-state index in [0.717, 1.165) is 15.6 Å². The monoisotopic (exact) mass is 394 g/mol. The van der Waals surface area contributed by atoms with Gasteiger partial charge < -0.3 is 5.32 Å². The smallest absolute Gasteiger partial charge is 0.227 e. The van der Waals surface area contributed by atoms with Crippen LogP contribution in [0.5, 0.6) is 0 Å². The van der Waals surface area contributed by atoms with Gasteiger partial charge in [-0.15, -0.1) is 10.2 Å². The maximum absolute atomic E-state index is 12.5. The molecule has 140 valence electrons. The fraction of sp³-hybridized carbons (Fsp3) is 0.471. The minimum atomic E-state index is -3.17. The lowest BCUT2D eigenvalue weighted by molar-refractivity contribution is -0.120. The summed E-state index contributed by atoms with van der Waals surface area (Å²) >= 11 is 1.50. The van der Waals surface area contributed by atoms with Gasteiger partial charge in [0.2, 0.25) is 15.9 Å². The van der Waals surface area contributed by atoms with Crippen molar-refractivity contribution in [2.75, 3.05) is 24.2 Å². The molecule has 9 heteroatoms. The van der Waals surface area contributed by atoms with E-state index in [0.29, 0.717) is 31.6 Å². The summed E-state index contributed by atoms with van der Waals surface area (Å²) in [5.41, 5.74) is 1.63. The van der Waals surface area contributed by atoms with Gasteiger partial charge in [0.15, 0.2) is 0 Å². The topological polar surface area (TPSA) is 92.3 Å². The Kier molecular flexibility index (Phi) is 5.69. The third-order valence-corrected chi connectivity index (χ3v) is 7.26. The van der Waals surface area contributed by atoms with Crippen LogP contribution in [0.4, 0.5) is 5.69 Å². The first-order chi connectivity index (χ1) is 12.4. The van der Waals surface area contributed by atoms with Gasteiger partial charge in [0.1, 0.15) is 10.0 Å². The second-order valence-corrected chi connectivity index (χ2v) is 9.71. The van der Waals surface area contributed by atoms with E-state index in [1.54, 1.807) is 6.92 Å². The van der Waals surface area contributed by atoms with Crippen molar-refractivity contribution in [1.82, 2.24) is 14.5 Å². The fourth-order valence-corrected chi connectivity index (χ4v) is 4.79. The van der Waals surface area contributed by atoms with Gasteiger partial charge in [-0.3, -0.25) is 4.79 Å². The van der Waals surface area contributed by atoms with E-state index in [2.05, 4.69) is 15.5 Å². The number of nitrogens with zero attached hydrogens (tertiary/aromatic N) is 3. The molecular formula is C17H22N4O3S2. The Balaban J connectivity index is 1.62. The molecule has 0 saturated carbocycles.